The highest BCUT2D eigenvalue weighted by Gasteiger charge is 2.33. The molecular formula is C12H14N2O6. The van der Waals surface area contributed by atoms with Crippen molar-refractivity contribution in [2.75, 3.05) is 0 Å². The van der Waals surface area contributed by atoms with Gasteiger partial charge in [0.2, 0.25) is 0 Å². The number of hydrogen-bond acceptors (Lipinski definition) is 5. The van der Waals surface area contributed by atoms with Crippen LogP contribution in [0.5, 0.6) is 0 Å². The van der Waals surface area contributed by atoms with Gasteiger partial charge in [-0.3, -0.25) is 25.0 Å². The minimum Gasteiger partial charge on any atom is -0.481 e. The molecular weight excluding hydrogens is 268 g/mol. The lowest BCUT2D eigenvalue weighted by molar-refractivity contribution is -0.394. The Labute approximate surface area is 114 Å². The second-order valence-corrected chi connectivity index (χ2v) is 4.46. The molecule has 1 aromatic carbocycles. The maximum atomic E-state index is 11.3. The van der Waals surface area contributed by atoms with Crippen LogP contribution in [0.25, 0.3) is 0 Å². The summed E-state index contributed by atoms with van der Waals surface area (Å²) in [4.78, 5) is 31.5. The van der Waals surface area contributed by atoms with Gasteiger partial charge >= 0.3 is 5.97 Å². The SMILES string of the molecule is CCC(C)C(C(=O)O)c1ccc([N+](=O)[O-])cc1[N+](=O)[O-]. The molecule has 0 saturated carbocycles. The highest BCUT2D eigenvalue weighted by Crippen LogP contribution is 2.35. The van der Waals surface area contributed by atoms with Crippen molar-refractivity contribution in [1.82, 2.24) is 0 Å². The molecule has 0 radical (unpaired) electrons. The number of rotatable bonds is 6. The second kappa shape index (κ2) is 6.09. The van der Waals surface area contributed by atoms with E-state index in [0.717, 1.165) is 18.2 Å². The van der Waals surface area contributed by atoms with Gasteiger partial charge in [-0.15, -0.1) is 0 Å². The Hall–Kier alpha value is -2.51. The zero-order valence-electron chi connectivity index (χ0n) is 11.0. The molecule has 0 bridgehead atoms. The third-order valence-corrected chi connectivity index (χ3v) is 3.24. The van der Waals surface area contributed by atoms with Crippen LogP contribution in [0.3, 0.4) is 0 Å². The van der Waals surface area contributed by atoms with Gasteiger partial charge in [-0.25, -0.2) is 0 Å². The van der Waals surface area contributed by atoms with Crippen LogP contribution in [0.1, 0.15) is 31.7 Å². The van der Waals surface area contributed by atoms with Crippen molar-refractivity contribution in [3.05, 3.63) is 44.0 Å². The molecule has 0 aromatic heterocycles. The van der Waals surface area contributed by atoms with Crippen molar-refractivity contribution in [3.8, 4) is 0 Å². The predicted octanol–water partition coefficient (Wildman–Crippen LogP) is 2.72. The van der Waals surface area contributed by atoms with E-state index in [9.17, 15) is 30.1 Å². The lowest BCUT2D eigenvalue weighted by atomic mass is 9.84. The number of nitro groups is 2. The van der Waals surface area contributed by atoms with Crippen molar-refractivity contribution in [2.24, 2.45) is 5.92 Å². The molecule has 1 N–H and O–H groups in total. The molecule has 0 amide bonds. The minimum absolute atomic E-state index is 0.0116. The molecule has 0 fully saturated rings. The van der Waals surface area contributed by atoms with Crippen molar-refractivity contribution in [3.63, 3.8) is 0 Å². The molecule has 0 heterocycles. The first-order valence-electron chi connectivity index (χ1n) is 5.95. The highest BCUT2D eigenvalue weighted by molar-refractivity contribution is 5.78. The Kier molecular flexibility index (Phi) is 4.73. The molecule has 20 heavy (non-hydrogen) atoms. The average Bonchev–Trinajstić information content (AvgIpc) is 2.38. The van der Waals surface area contributed by atoms with Gasteiger partial charge in [-0.2, -0.15) is 0 Å². The summed E-state index contributed by atoms with van der Waals surface area (Å²) in [5, 5.41) is 30.9. The molecule has 0 aliphatic carbocycles. The van der Waals surface area contributed by atoms with E-state index in [-0.39, 0.29) is 11.5 Å². The summed E-state index contributed by atoms with van der Waals surface area (Å²) in [5.74, 6) is -2.58. The van der Waals surface area contributed by atoms with Crippen LogP contribution in [-0.4, -0.2) is 20.9 Å². The summed E-state index contributed by atoms with van der Waals surface area (Å²) in [6.45, 7) is 3.45. The molecule has 2 atom stereocenters. The maximum Gasteiger partial charge on any atom is 0.311 e. The first-order valence-corrected chi connectivity index (χ1v) is 5.95. The Morgan fingerprint density at radius 3 is 2.30 bits per heavy atom. The lowest BCUT2D eigenvalue weighted by Crippen LogP contribution is -2.20. The van der Waals surface area contributed by atoms with Crippen LogP contribution in [0, 0.1) is 26.1 Å². The van der Waals surface area contributed by atoms with E-state index in [0.29, 0.717) is 6.42 Å². The van der Waals surface area contributed by atoms with E-state index in [2.05, 4.69) is 0 Å². The number of nitro benzene ring substituents is 2. The Bertz CT molecular complexity index is 557. The van der Waals surface area contributed by atoms with Crippen LogP contribution < -0.4 is 0 Å². The van der Waals surface area contributed by atoms with Crippen LogP contribution in [0.2, 0.25) is 0 Å². The van der Waals surface area contributed by atoms with Gasteiger partial charge < -0.3 is 5.11 Å². The number of carbonyl (C=O) groups is 1. The molecule has 0 aliphatic heterocycles. The summed E-state index contributed by atoms with van der Waals surface area (Å²) in [7, 11) is 0. The molecule has 8 nitrogen and oxygen atoms in total. The zero-order valence-corrected chi connectivity index (χ0v) is 11.0. The van der Waals surface area contributed by atoms with E-state index >= 15 is 0 Å². The lowest BCUT2D eigenvalue weighted by Gasteiger charge is -2.18. The molecule has 1 rings (SSSR count). The van der Waals surface area contributed by atoms with Gasteiger partial charge in [0.15, 0.2) is 0 Å². The molecule has 8 heteroatoms. The Morgan fingerprint density at radius 2 is 1.90 bits per heavy atom. The number of carboxylic acids is 1. The molecule has 108 valence electrons. The quantitative estimate of drug-likeness (QED) is 0.631. The number of hydrogen-bond donors (Lipinski definition) is 1. The molecule has 0 saturated heterocycles. The van der Waals surface area contributed by atoms with Crippen molar-refractivity contribution < 1.29 is 19.7 Å². The van der Waals surface area contributed by atoms with Gasteiger partial charge in [0.1, 0.15) is 0 Å². The van der Waals surface area contributed by atoms with Crippen molar-refractivity contribution in [1.29, 1.82) is 0 Å². The number of benzene rings is 1. The first kappa shape index (κ1) is 15.5. The van der Waals surface area contributed by atoms with E-state index < -0.39 is 33.1 Å². The summed E-state index contributed by atoms with van der Waals surface area (Å²) in [6.07, 6.45) is 0.519. The third-order valence-electron chi connectivity index (χ3n) is 3.24. The monoisotopic (exact) mass is 282 g/mol. The number of carboxylic acid groups (broad SMARTS) is 1. The first-order chi connectivity index (χ1) is 9.29. The second-order valence-electron chi connectivity index (χ2n) is 4.46. The Balaban J connectivity index is 3.45. The fraction of sp³-hybridized carbons (Fsp3) is 0.417. The van der Waals surface area contributed by atoms with E-state index in [4.69, 9.17) is 0 Å². The predicted molar refractivity (Wildman–Crippen MR) is 69.6 cm³/mol. The Morgan fingerprint density at radius 1 is 1.30 bits per heavy atom. The fourth-order valence-electron chi connectivity index (χ4n) is 1.99. The van der Waals surface area contributed by atoms with E-state index in [1.54, 1.807) is 13.8 Å². The summed E-state index contributed by atoms with van der Waals surface area (Å²) in [6, 6.07) is 3.04. The van der Waals surface area contributed by atoms with Crippen molar-refractivity contribution >= 4 is 17.3 Å². The molecule has 0 aliphatic rings. The zero-order chi connectivity index (χ0) is 15.4. The largest absolute Gasteiger partial charge is 0.481 e. The number of non-ortho nitro benzene ring substituents is 1. The van der Waals surface area contributed by atoms with Gasteiger partial charge in [0.25, 0.3) is 11.4 Å². The van der Waals surface area contributed by atoms with Crippen molar-refractivity contribution in [2.45, 2.75) is 26.2 Å². The van der Waals surface area contributed by atoms with Crippen LogP contribution in [-0.2, 0) is 4.79 Å². The van der Waals surface area contributed by atoms with E-state index in [1.807, 2.05) is 0 Å². The van der Waals surface area contributed by atoms with Gasteiger partial charge in [-0.05, 0) is 12.0 Å². The fourth-order valence-corrected chi connectivity index (χ4v) is 1.99. The van der Waals surface area contributed by atoms with Gasteiger partial charge in [0, 0.05) is 11.6 Å². The molecule has 2 unspecified atom stereocenters. The van der Waals surface area contributed by atoms with Crippen LogP contribution >= 0.6 is 0 Å². The summed E-state index contributed by atoms with van der Waals surface area (Å²) < 4.78 is 0. The smallest absolute Gasteiger partial charge is 0.311 e. The average molecular weight is 282 g/mol. The normalized spacial score (nSPS) is 13.5. The van der Waals surface area contributed by atoms with E-state index in [1.165, 1.54) is 0 Å². The number of nitrogens with zero attached hydrogens (tertiary/aromatic N) is 2. The van der Waals surface area contributed by atoms with Gasteiger partial charge in [0.05, 0.1) is 21.8 Å². The highest BCUT2D eigenvalue weighted by atomic mass is 16.6. The van der Waals surface area contributed by atoms with Crippen LogP contribution in [0.4, 0.5) is 11.4 Å². The topological polar surface area (TPSA) is 124 Å². The standard InChI is InChI=1S/C12H14N2O6/c1-3-7(2)11(12(15)16)9-5-4-8(13(17)18)6-10(9)14(19)20/h4-7,11H,3H2,1-2H3,(H,15,16). The number of aliphatic carboxylic acids is 1. The summed E-state index contributed by atoms with van der Waals surface area (Å²) >= 11 is 0. The maximum absolute atomic E-state index is 11.3. The molecule has 1 aromatic rings. The summed E-state index contributed by atoms with van der Waals surface area (Å²) in [5.41, 5.74) is -0.983. The van der Waals surface area contributed by atoms with Gasteiger partial charge in [-0.1, -0.05) is 20.3 Å². The third kappa shape index (κ3) is 3.08. The minimum atomic E-state index is -1.18. The molecule has 0 spiro atoms. The van der Waals surface area contributed by atoms with Crippen LogP contribution in [0.15, 0.2) is 18.2 Å².